The molecule has 4 nitrogen and oxygen atoms in total. The molecule has 1 aliphatic heterocycles. The highest BCUT2D eigenvalue weighted by atomic mass is 16.5. The van der Waals surface area contributed by atoms with E-state index in [9.17, 15) is 4.79 Å². The second-order valence-electron chi connectivity index (χ2n) is 5.88. The van der Waals surface area contributed by atoms with Gasteiger partial charge in [-0.25, -0.2) is 0 Å². The minimum Gasteiger partial charge on any atom is -0.490 e. The highest BCUT2D eigenvalue weighted by Gasteiger charge is 2.52. The summed E-state index contributed by atoms with van der Waals surface area (Å²) in [6, 6.07) is 8.05. The number of methoxy groups -OCH3 is 1. The molecule has 0 spiro atoms. The van der Waals surface area contributed by atoms with E-state index < -0.39 is 5.41 Å². The molecular weight excluding hydrogens is 254 g/mol. The number of hydrogen-bond donors (Lipinski definition) is 1. The van der Waals surface area contributed by atoms with Gasteiger partial charge in [0.05, 0.1) is 12.5 Å². The molecule has 1 fully saturated rings. The van der Waals surface area contributed by atoms with E-state index in [1.165, 1.54) is 12.7 Å². The van der Waals surface area contributed by atoms with E-state index >= 15 is 0 Å². The Morgan fingerprint density at radius 1 is 1.45 bits per heavy atom. The summed E-state index contributed by atoms with van der Waals surface area (Å²) < 4.78 is 11.0. The van der Waals surface area contributed by atoms with Gasteiger partial charge in [-0.3, -0.25) is 4.79 Å². The number of carbonyl (C=O) groups is 1. The largest absolute Gasteiger partial charge is 0.490 e. The molecule has 3 rings (SSSR count). The molecule has 20 heavy (non-hydrogen) atoms. The molecule has 0 aromatic heterocycles. The predicted molar refractivity (Wildman–Crippen MR) is 75.4 cm³/mol. The van der Waals surface area contributed by atoms with E-state index in [1.807, 2.05) is 18.2 Å². The molecule has 0 bridgehead atoms. The van der Waals surface area contributed by atoms with Crippen molar-refractivity contribution in [2.24, 2.45) is 17.1 Å². The van der Waals surface area contributed by atoms with Crippen LogP contribution in [0.4, 0.5) is 0 Å². The minimum atomic E-state index is -0.568. The van der Waals surface area contributed by atoms with Crippen molar-refractivity contribution in [2.45, 2.75) is 31.8 Å². The number of fused-ring (bicyclic) bond motifs is 1. The zero-order chi connectivity index (χ0) is 14.2. The first-order valence-corrected chi connectivity index (χ1v) is 7.22. The lowest BCUT2D eigenvalue weighted by Crippen LogP contribution is -2.45. The maximum absolute atomic E-state index is 12.2. The Kier molecular flexibility index (Phi) is 3.42. The van der Waals surface area contributed by atoms with Crippen LogP contribution in [0.3, 0.4) is 0 Å². The maximum Gasteiger partial charge on any atom is 0.313 e. The number of nitrogens with two attached hydrogens (primary N) is 1. The van der Waals surface area contributed by atoms with Crippen LogP contribution in [0.15, 0.2) is 24.3 Å². The normalized spacial score (nSPS) is 23.6. The smallest absolute Gasteiger partial charge is 0.313 e. The molecule has 1 saturated carbocycles. The summed E-state index contributed by atoms with van der Waals surface area (Å²) in [6.45, 7) is 0.334. The van der Waals surface area contributed by atoms with Gasteiger partial charge >= 0.3 is 5.97 Å². The third-order valence-corrected chi connectivity index (χ3v) is 4.62. The molecular formula is C16H21NO3. The molecule has 2 atom stereocenters. The number of rotatable bonds is 5. The van der Waals surface area contributed by atoms with Crippen LogP contribution in [0, 0.1) is 11.3 Å². The number of esters is 1. The Labute approximate surface area is 119 Å². The highest BCUT2D eigenvalue weighted by molar-refractivity contribution is 5.78. The summed E-state index contributed by atoms with van der Waals surface area (Å²) in [5.41, 5.74) is 6.60. The van der Waals surface area contributed by atoms with Gasteiger partial charge in [0, 0.05) is 19.4 Å². The monoisotopic (exact) mass is 275 g/mol. The lowest BCUT2D eigenvalue weighted by Gasteiger charge is -2.31. The molecule has 4 heteroatoms. The second kappa shape index (κ2) is 5.09. The SMILES string of the molecule is COC(=O)C(CN)(CC1Cc2ccccc2O1)C1CC1. The van der Waals surface area contributed by atoms with E-state index in [1.54, 1.807) is 0 Å². The van der Waals surface area contributed by atoms with Crippen molar-refractivity contribution in [1.29, 1.82) is 0 Å². The average Bonchev–Trinajstić information content (AvgIpc) is 3.24. The molecule has 1 aromatic carbocycles. The Morgan fingerprint density at radius 2 is 2.20 bits per heavy atom. The number of para-hydroxylation sites is 1. The maximum atomic E-state index is 12.2. The van der Waals surface area contributed by atoms with Gasteiger partial charge < -0.3 is 15.2 Å². The van der Waals surface area contributed by atoms with Crippen molar-refractivity contribution < 1.29 is 14.3 Å². The molecule has 2 aliphatic rings. The van der Waals surface area contributed by atoms with Crippen molar-refractivity contribution in [3.63, 3.8) is 0 Å². The van der Waals surface area contributed by atoms with Crippen molar-refractivity contribution >= 4 is 5.97 Å². The van der Waals surface area contributed by atoms with Gasteiger partial charge in [-0.2, -0.15) is 0 Å². The minimum absolute atomic E-state index is 0.0237. The fraction of sp³-hybridized carbons (Fsp3) is 0.562. The summed E-state index contributed by atoms with van der Waals surface area (Å²) >= 11 is 0. The van der Waals surface area contributed by atoms with Crippen LogP contribution in [0.5, 0.6) is 5.75 Å². The van der Waals surface area contributed by atoms with Gasteiger partial charge in [0.1, 0.15) is 11.9 Å². The predicted octanol–water partition coefficient (Wildman–Crippen LogP) is 1.91. The topological polar surface area (TPSA) is 61.5 Å². The second-order valence-corrected chi connectivity index (χ2v) is 5.88. The van der Waals surface area contributed by atoms with Crippen LogP contribution in [0.2, 0.25) is 0 Å². The summed E-state index contributed by atoms with van der Waals surface area (Å²) in [5, 5.41) is 0. The first-order chi connectivity index (χ1) is 9.69. The Balaban J connectivity index is 1.77. The van der Waals surface area contributed by atoms with Crippen LogP contribution in [-0.2, 0) is 16.0 Å². The Morgan fingerprint density at radius 3 is 2.80 bits per heavy atom. The zero-order valence-electron chi connectivity index (χ0n) is 11.8. The van der Waals surface area contributed by atoms with E-state index in [-0.39, 0.29) is 12.1 Å². The molecule has 1 aromatic rings. The van der Waals surface area contributed by atoms with Crippen LogP contribution in [0.1, 0.15) is 24.8 Å². The van der Waals surface area contributed by atoms with Crippen molar-refractivity contribution in [3.05, 3.63) is 29.8 Å². The van der Waals surface area contributed by atoms with Gasteiger partial charge in [0.15, 0.2) is 0 Å². The third kappa shape index (κ3) is 2.18. The first kappa shape index (κ1) is 13.4. The fourth-order valence-corrected chi connectivity index (χ4v) is 3.36. The van der Waals surface area contributed by atoms with Crippen molar-refractivity contribution in [2.75, 3.05) is 13.7 Å². The summed E-state index contributed by atoms with van der Waals surface area (Å²) in [4.78, 5) is 12.2. The number of hydrogen-bond acceptors (Lipinski definition) is 4. The molecule has 108 valence electrons. The molecule has 0 saturated heterocycles. The number of carbonyl (C=O) groups excluding carboxylic acids is 1. The first-order valence-electron chi connectivity index (χ1n) is 7.22. The fourth-order valence-electron chi connectivity index (χ4n) is 3.36. The van der Waals surface area contributed by atoms with Crippen molar-refractivity contribution in [3.8, 4) is 5.75 Å². The Hall–Kier alpha value is -1.55. The van der Waals surface area contributed by atoms with Crippen LogP contribution in [0.25, 0.3) is 0 Å². The van der Waals surface area contributed by atoms with Gasteiger partial charge in [-0.1, -0.05) is 18.2 Å². The van der Waals surface area contributed by atoms with Gasteiger partial charge in [-0.05, 0) is 30.4 Å². The van der Waals surface area contributed by atoms with E-state index in [0.29, 0.717) is 18.9 Å². The van der Waals surface area contributed by atoms with E-state index in [0.717, 1.165) is 25.0 Å². The van der Waals surface area contributed by atoms with Crippen LogP contribution >= 0.6 is 0 Å². The number of ether oxygens (including phenoxy) is 2. The third-order valence-electron chi connectivity index (χ3n) is 4.62. The molecule has 0 radical (unpaired) electrons. The quantitative estimate of drug-likeness (QED) is 0.834. The molecule has 2 unspecified atom stereocenters. The van der Waals surface area contributed by atoms with E-state index in [2.05, 4.69) is 6.07 Å². The van der Waals surface area contributed by atoms with Crippen LogP contribution in [-0.4, -0.2) is 25.7 Å². The lowest BCUT2D eigenvalue weighted by atomic mass is 9.77. The molecule has 1 aliphatic carbocycles. The molecule has 0 amide bonds. The standard InChI is InChI=1S/C16H21NO3/c1-19-15(18)16(10-17,12-6-7-12)9-13-8-11-4-2-3-5-14(11)20-13/h2-5,12-13H,6-10,17H2,1H3. The van der Waals surface area contributed by atoms with Gasteiger partial charge in [-0.15, -0.1) is 0 Å². The summed E-state index contributed by atoms with van der Waals surface area (Å²) in [6.07, 6.45) is 3.64. The number of benzene rings is 1. The summed E-state index contributed by atoms with van der Waals surface area (Å²) in [7, 11) is 1.44. The summed E-state index contributed by atoms with van der Waals surface area (Å²) in [5.74, 6) is 1.11. The van der Waals surface area contributed by atoms with E-state index in [4.69, 9.17) is 15.2 Å². The van der Waals surface area contributed by atoms with Gasteiger partial charge in [0.2, 0.25) is 0 Å². The van der Waals surface area contributed by atoms with Crippen LogP contribution < -0.4 is 10.5 Å². The lowest BCUT2D eigenvalue weighted by molar-refractivity contribution is -0.155. The molecule has 1 heterocycles. The Bertz CT molecular complexity index is 487. The van der Waals surface area contributed by atoms with Gasteiger partial charge in [0.25, 0.3) is 0 Å². The average molecular weight is 275 g/mol. The highest BCUT2D eigenvalue weighted by Crippen LogP contribution is 2.50. The molecule has 2 N–H and O–H groups in total. The van der Waals surface area contributed by atoms with Crippen molar-refractivity contribution in [1.82, 2.24) is 0 Å². The zero-order valence-corrected chi connectivity index (χ0v) is 11.8.